The molecule has 1 aromatic carbocycles. The summed E-state index contributed by atoms with van der Waals surface area (Å²) in [6.45, 7) is 1.76. The second-order valence-electron chi connectivity index (χ2n) is 7.03. The van der Waals surface area contributed by atoms with E-state index in [1.54, 1.807) is 28.4 Å². The van der Waals surface area contributed by atoms with Crippen LogP contribution in [0.5, 0.6) is 0 Å². The lowest BCUT2D eigenvalue weighted by Crippen LogP contribution is -2.34. The maximum absolute atomic E-state index is 13.2. The molecule has 1 aliphatic heterocycles. The third-order valence-electron chi connectivity index (χ3n) is 5.27. The number of nitrogens with zero attached hydrogens (tertiary/aromatic N) is 1. The van der Waals surface area contributed by atoms with Gasteiger partial charge >= 0.3 is 6.03 Å². The van der Waals surface area contributed by atoms with Gasteiger partial charge in [-0.1, -0.05) is 12.1 Å². The Morgan fingerprint density at radius 3 is 2.96 bits per heavy atom. The molecule has 5 nitrogen and oxygen atoms in total. The summed E-state index contributed by atoms with van der Waals surface area (Å²) < 4.78 is 13.2. The maximum Gasteiger partial charge on any atom is 0.321 e. The summed E-state index contributed by atoms with van der Waals surface area (Å²) in [5.41, 5.74) is 0.357. The van der Waals surface area contributed by atoms with Gasteiger partial charge in [0.1, 0.15) is 5.82 Å². The number of nitrogens with one attached hydrogen (secondary N) is 2. The quantitative estimate of drug-likeness (QED) is 0.862. The number of thiophene rings is 1. The molecule has 0 unspecified atom stereocenters. The van der Waals surface area contributed by atoms with E-state index in [1.807, 2.05) is 17.5 Å². The Balaban J connectivity index is 1.29. The molecular formula is C19H20FN3O2S. The first-order valence-corrected chi connectivity index (χ1v) is 9.55. The monoisotopic (exact) mass is 373 g/mol. The molecule has 1 saturated carbocycles. The van der Waals surface area contributed by atoms with Crippen LogP contribution in [0, 0.1) is 17.2 Å². The lowest BCUT2D eigenvalue weighted by Gasteiger charge is -2.17. The van der Waals surface area contributed by atoms with Crippen molar-refractivity contribution in [2.45, 2.75) is 19.4 Å². The van der Waals surface area contributed by atoms with Gasteiger partial charge in [0.25, 0.3) is 0 Å². The third kappa shape index (κ3) is 3.44. The highest BCUT2D eigenvalue weighted by atomic mass is 32.1. The molecule has 1 saturated heterocycles. The number of halogens is 1. The van der Waals surface area contributed by atoms with Gasteiger partial charge in [-0.3, -0.25) is 4.79 Å². The van der Waals surface area contributed by atoms with Crippen molar-refractivity contribution in [1.29, 1.82) is 0 Å². The van der Waals surface area contributed by atoms with Crippen LogP contribution in [0.15, 0.2) is 41.8 Å². The average molecular weight is 373 g/mol. The van der Waals surface area contributed by atoms with E-state index in [1.165, 1.54) is 12.1 Å². The van der Waals surface area contributed by atoms with E-state index in [0.29, 0.717) is 25.3 Å². The molecule has 2 N–H and O–H groups in total. The number of anilines is 1. The lowest BCUT2D eigenvalue weighted by molar-refractivity contribution is -0.123. The van der Waals surface area contributed by atoms with Crippen LogP contribution in [-0.2, 0) is 11.3 Å². The third-order valence-corrected chi connectivity index (χ3v) is 6.15. The lowest BCUT2D eigenvalue weighted by atomic mass is 10.0. The number of likely N-dealkylation sites (tertiary alicyclic amines) is 1. The van der Waals surface area contributed by atoms with E-state index < -0.39 is 0 Å². The van der Waals surface area contributed by atoms with E-state index in [4.69, 9.17) is 0 Å². The number of benzene rings is 1. The first-order chi connectivity index (χ1) is 12.6. The molecule has 2 heterocycles. The SMILES string of the molecule is O=C(NCc1cccs1)[C@H]1C[C@]12CCN(C(=O)Nc1cccc(F)c1)C2. The largest absolute Gasteiger partial charge is 0.351 e. The summed E-state index contributed by atoms with van der Waals surface area (Å²) in [6.07, 6.45) is 1.66. The summed E-state index contributed by atoms with van der Waals surface area (Å²) in [7, 11) is 0. The van der Waals surface area contributed by atoms with E-state index in [-0.39, 0.29) is 29.1 Å². The van der Waals surface area contributed by atoms with Crippen LogP contribution in [0.2, 0.25) is 0 Å². The first-order valence-electron chi connectivity index (χ1n) is 8.67. The highest BCUT2D eigenvalue weighted by molar-refractivity contribution is 7.09. The zero-order valence-corrected chi connectivity index (χ0v) is 15.0. The Morgan fingerprint density at radius 2 is 2.19 bits per heavy atom. The molecule has 1 spiro atoms. The second kappa shape index (κ2) is 6.72. The topological polar surface area (TPSA) is 61.4 Å². The molecule has 1 aliphatic carbocycles. The highest BCUT2D eigenvalue weighted by Gasteiger charge is 2.61. The highest BCUT2D eigenvalue weighted by Crippen LogP contribution is 2.58. The molecule has 0 bridgehead atoms. The normalized spacial score (nSPS) is 23.9. The smallest absolute Gasteiger partial charge is 0.321 e. The van der Waals surface area contributed by atoms with Crippen LogP contribution >= 0.6 is 11.3 Å². The molecule has 4 rings (SSSR count). The number of carbonyl (C=O) groups is 2. The van der Waals surface area contributed by atoms with Crippen molar-refractivity contribution in [2.24, 2.45) is 11.3 Å². The fourth-order valence-corrected chi connectivity index (χ4v) is 4.36. The zero-order valence-electron chi connectivity index (χ0n) is 14.2. The molecule has 136 valence electrons. The van der Waals surface area contributed by atoms with E-state index >= 15 is 0 Å². The van der Waals surface area contributed by atoms with Crippen molar-refractivity contribution < 1.29 is 14.0 Å². The minimum atomic E-state index is -0.384. The fraction of sp³-hybridized carbons (Fsp3) is 0.368. The molecule has 2 fully saturated rings. The molecule has 2 aromatic rings. The predicted molar refractivity (Wildman–Crippen MR) is 98.3 cm³/mol. The Bertz CT molecular complexity index is 826. The van der Waals surface area contributed by atoms with Gasteiger partial charge in [0.05, 0.1) is 6.54 Å². The fourth-order valence-electron chi connectivity index (χ4n) is 3.72. The molecule has 1 aromatic heterocycles. The van der Waals surface area contributed by atoms with E-state index in [9.17, 15) is 14.0 Å². The standard InChI is InChI=1S/C19H20FN3O2S/c20-13-3-1-4-14(9-13)22-18(25)23-7-6-19(12-23)10-16(19)17(24)21-11-15-5-2-8-26-15/h1-5,8-9,16H,6-7,10-12H2,(H,21,24)(H,22,25)/t16-,19+/m1/s1. The molecule has 0 radical (unpaired) electrons. The van der Waals surface area contributed by atoms with Crippen LogP contribution in [0.25, 0.3) is 0 Å². The van der Waals surface area contributed by atoms with Gasteiger partial charge in [0, 0.05) is 35.0 Å². The van der Waals surface area contributed by atoms with Gasteiger partial charge in [-0.25, -0.2) is 9.18 Å². The molecule has 26 heavy (non-hydrogen) atoms. The predicted octanol–water partition coefficient (Wildman–Crippen LogP) is 3.45. The summed E-state index contributed by atoms with van der Waals surface area (Å²) in [5, 5.41) is 7.72. The number of hydrogen-bond donors (Lipinski definition) is 2. The van der Waals surface area contributed by atoms with Gasteiger partial charge in [0.15, 0.2) is 0 Å². The maximum atomic E-state index is 13.2. The number of amides is 3. The van der Waals surface area contributed by atoms with Gasteiger partial charge in [0.2, 0.25) is 5.91 Å². The van der Waals surface area contributed by atoms with Crippen LogP contribution in [0.4, 0.5) is 14.9 Å². The minimum Gasteiger partial charge on any atom is -0.351 e. The summed E-state index contributed by atoms with van der Waals surface area (Å²) in [5.74, 6) is -0.328. The Morgan fingerprint density at radius 1 is 1.31 bits per heavy atom. The van der Waals surface area contributed by atoms with Gasteiger partial charge in [-0.05, 0) is 42.5 Å². The van der Waals surface area contributed by atoms with Crippen LogP contribution in [0.1, 0.15) is 17.7 Å². The Kier molecular flexibility index (Phi) is 4.40. The zero-order chi connectivity index (χ0) is 18.1. The summed E-state index contributed by atoms with van der Waals surface area (Å²) in [4.78, 5) is 27.6. The van der Waals surface area contributed by atoms with Crippen LogP contribution in [0.3, 0.4) is 0 Å². The number of urea groups is 1. The van der Waals surface area contributed by atoms with E-state index in [0.717, 1.165) is 17.7 Å². The van der Waals surface area contributed by atoms with Crippen LogP contribution < -0.4 is 10.6 Å². The Hall–Kier alpha value is -2.41. The molecular weight excluding hydrogens is 353 g/mol. The molecule has 2 atom stereocenters. The van der Waals surface area contributed by atoms with Crippen molar-refractivity contribution in [3.63, 3.8) is 0 Å². The van der Waals surface area contributed by atoms with Crippen molar-refractivity contribution in [3.8, 4) is 0 Å². The van der Waals surface area contributed by atoms with E-state index in [2.05, 4.69) is 10.6 Å². The summed E-state index contributed by atoms with van der Waals surface area (Å²) in [6, 6.07) is 9.58. The van der Waals surface area contributed by atoms with Crippen molar-refractivity contribution >= 4 is 29.0 Å². The molecule has 7 heteroatoms. The minimum absolute atomic E-state index is 0.0190. The van der Waals surface area contributed by atoms with Gasteiger partial charge < -0.3 is 15.5 Å². The number of hydrogen-bond acceptors (Lipinski definition) is 3. The number of rotatable bonds is 4. The van der Waals surface area contributed by atoms with Gasteiger partial charge in [-0.15, -0.1) is 11.3 Å². The second-order valence-corrected chi connectivity index (χ2v) is 8.06. The van der Waals surface area contributed by atoms with Crippen molar-refractivity contribution in [3.05, 3.63) is 52.5 Å². The molecule has 3 amide bonds. The number of carbonyl (C=O) groups excluding carboxylic acids is 2. The van der Waals surface area contributed by atoms with Crippen molar-refractivity contribution in [1.82, 2.24) is 10.2 Å². The average Bonchev–Trinajstić information content (AvgIpc) is 2.97. The Labute approximate surface area is 155 Å². The van der Waals surface area contributed by atoms with Crippen molar-refractivity contribution in [2.75, 3.05) is 18.4 Å². The summed E-state index contributed by atoms with van der Waals surface area (Å²) >= 11 is 1.62. The first kappa shape index (κ1) is 17.0. The van der Waals surface area contributed by atoms with Crippen LogP contribution in [-0.4, -0.2) is 29.9 Å². The molecule has 2 aliphatic rings. The van der Waals surface area contributed by atoms with Gasteiger partial charge in [-0.2, -0.15) is 0 Å².